The van der Waals surface area contributed by atoms with E-state index in [2.05, 4.69) is 16.7 Å². The molecular weight excluding hydrogens is 434 g/mol. The molecule has 180 valence electrons. The van der Waals surface area contributed by atoms with E-state index in [4.69, 9.17) is 10.5 Å². The van der Waals surface area contributed by atoms with Crippen molar-refractivity contribution in [3.05, 3.63) is 30.0 Å². The van der Waals surface area contributed by atoms with Gasteiger partial charge in [0.1, 0.15) is 23.5 Å². The summed E-state index contributed by atoms with van der Waals surface area (Å²) in [6.45, 7) is 0.582. The summed E-state index contributed by atoms with van der Waals surface area (Å²) >= 11 is 0. The monoisotopic (exact) mass is 465 g/mol. The van der Waals surface area contributed by atoms with Crippen molar-refractivity contribution in [2.24, 2.45) is 17.6 Å². The SMILES string of the molecule is COc1cccc2c1cc(C(N)=O)n2[C@@H](CC1CCCC1)C(=O)N[C@H](C#N)C[C@@H]1CCNC1=O. The lowest BCUT2D eigenvalue weighted by atomic mass is 9.95. The quantitative estimate of drug-likeness (QED) is 0.522. The van der Waals surface area contributed by atoms with E-state index in [1.165, 1.54) is 0 Å². The third kappa shape index (κ3) is 4.72. The van der Waals surface area contributed by atoms with Crippen LogP contribution in [0, 0.1) is 23.2 Å². The number of nitrogens with one attached hydrogen (secondary N) is 2. The van der Waals surface area contributed by atoms with E-state index in [9.17, 15) is 19.6 Å². The Balaban J connectivity index is 1.70. The van der Waals surface area contributed by atoms with Crippen LogP contribution in [0.15, 0.2) is 24.3 Å². The van der Waals surface area contributed by atoms with Crippen LogP contribution in [0.4, 0.5) is 0 Å². The molecule has 3 amide bonds. The van der Waals surface area contributed by atoms with E-state index in [0.29, 0.717) is 42.0 Å². The first-order chi connectivity index (χ1) is 16.4. The van der Waals surface area contributed by atoms with Gasteiger partial charge in [0.05, 0.1) is 18.7 Å². The molecular formula is C25H31N5O4. The van der Waals surface area contributed by atoms with Crippen LogP contribution in [0.2, 0.25) is 0 Å². The highest BCUT2D eigenvalue weighted by atomic mass is 16.5. The van der Waals surface area contributed by atoms with Crippen LogP contribution in [0.1, 0.15) is 61.5 Å². The van der Waals surface area contributed by atoms with Crippen LogP contribution in [-0.4, -0.2) is 42.0 Å². The Bertz CT molecular complexity index is 1130. The first-order valence-electron chi connectivity index (χ1n) is 11.9. The molecule has 1 aliphatic carbocycles. The number of nitriles is 1. The van der Waals surface area contributed by atoms with Crippen molar-refractivity contribution >= 4 is 28.6 Å². The predicted octanol–water partition coefficient (Wildman–Crippen LogP) is 2.40. The van der Waals surface area contributed by atoms with Crippen molar-refractivity contribution < 1.29 is 19.1 Å². The van der Waals surface area contributed by atoms with E-state index in [-0.39, 0.29) is 29.8 Å². The lowest BCUT2D eigenvalue weighted by molar-refractivity contribution is -0.126. The number of rotatable bonds is 9. The standard InChI is InChI=1S/C25H31N5O4/c1-34-22-8-4-7-19-18(22)13-20(23(27)31)30(19)21(11-15-5-2-3-6-15)25(33)29-17(14-26)12-16-9-10-28-24(16)32/h4,7-8,13,15-17,21H,2-3,5-6,9-12H2,1H3,(H2,27,31)(H,28,32)(H,29,33)/t16-,17-,21-/m0/s1. The van der Waals surface area contributed by atoms with Crippen LogP contribution in [0.3, 0.4) is 0 Å². The fourth-order valence-corrected chi connectivity index (χ4v) is 5.38. The van der Waals surface area contributed by atoms with Gasteiger partial charge in [-0.05, 0) is 43.4 Å². The van der Waals surface area contributed by atoms with Crippen LogP contribution in [0.25, 0.3) is 10.9 Å². The van der Waals surface area contributed by atoms with Crippen LogP contribution in [-0.2, 0) is 9.59 Å². The van der Waals surface area contributed by atoms with E-state index < -0.39 is 18.0 Å². The van der Waals surface area contributed by atoms with Gasteiger partial charge in [0.15, 0.2) is 0 Å². The molecule has 0 spiro atoms. The molecule has 2 heterocycles. The zero-order valence-corrected chi connectivity index (χ0v) is 19.4. The van der Waals surface area contributed by atoms with Gasteiger partial charge in [0.25, 0.3) is 5.91 Å². The maximum atomic E-state index is 13.7. The molecule has 34 heavy (non-hydrogen) atoms. The summed E-state index contributed by atoms with van der Waals surface area (Å²) in [4.78, 5) is 38.1. The summed E-state index contributed by atoms with van der Waals surface area (Å²) in [5, 5.41) is 16.0. The summed E-state index contributed by atoms with van der Waals surface area (Å²) in [5.41, 5.74) is 6.64. The fourth-order valence-electron chi connectivity index (χ4n) is 5.38. The second-order valence-corrected chi connectivity index (χ2v) is 9.26. The molecule has 2 fully saturated rings. The van der Waals surface area contributed by atoms with E-state index in [1.807, 2.05) is 12.1 Å². The molecule has 1 aromatic heterocycles. The Morgan fingerprint density at radius 2 is 2.06 bits per heavy atom. The van der Waals surface area contributed by atoms with Crippen molar-refractivity contribution in [3.63, 3.8) is 0 Å². The van der Waals surface area contributed by atoms with Gasteiger partial charge in [-0.25, -0.2) is 0 Å². The molecule has 3 atom stereocenters. The van der Waals surface area contributed by atoms with Gasteiger partial charge in [-0.2, -0.15) is 5.26 Å². The average molecular weight is 466 g/mol. The molecule has 1 saturated carbocycles. The van der Waals surface area contributed by atoms with E-state index in [0.717, 1.165) is 25.7 Å². The number of hydrogen-bond acceptors (Lipinski definition) is 5. The van der Waals surface area contributed by atoms with Crippen LogP contribution >= 0.6 is 0 Å². The Morgan fingerprint density at radius 1 is 1.29 bits per heavy atom. The van der Waals surface area contributed by atoms with Gasteiger partial charge in [-0.3, -0.25) is 14.4 Å². The van der Waals surface area contributed by atoms with Gasteiger partial charge in [0.2, 0.25) is 11.8 Å². The maximum Gasteiger partial charge on any atom is 0.265 e. The summed E-state index contributed by atoms with van der Waals surface area (Å²) in [6.07, 6.45) is 5.69. The number of methoxy groups -OCH3 is 1. The lowest BCUT2D eigenvalue weighted by Gasteiger charge is -2.26. The number of aromatic nitrogens is 1. The summed E-state index contributed by atoms with van der Waals surface area (Å²) in [5.74, 6) is -0.448. The summed E-state index contributed by atoms with van der Waals surface area (Å²) in [7, 11) is 1.55. The maximum absolute atomic E-state index is 13.7. The summed E-state index contributed by atoms with van der Waals surface area (Å²) in [6, 6.07) is 7.71. The number of carbonyl (C=O) groups excluding carboxylic acids is 3. The number of fused-ring (bicyclic) bond motifs is 1. The van der Waals surface area contributed by atoms with E-state index >= 15 is 0 Å². The highest BCUT2D eigenvalue weighted by molar-refractivity contribution is 6.01. The molecule has 2 aliphatic rings. The number of carbonyl (C=O) groups is 3. The molecule has 0 unspecified atom stereocenters. The highest BCUT2D eigenvalue weighted by Crippen LogP contribution is 2.37. The molecule has 1 aromatic carbocycles. The van der Waals surface area contributed by atoms with Gasteiger partial charge in [-0.15, -0.1) is 0 Å². The zero-order valence-electron chi connectivity index (χ0n) is 19.4. The normalized spacial score (nSPS) is 20.0. The molecule has 2 aromatic rings. The lowest BCUT2D eigenvalue weighted by Crippen LogP contribution is -2.42. The van der Waals surface area contributed by atoms with Crippen molar-refractivity contribution in [2.75, 3.05) is 13.7 Å². The molecule has 4 rings (SSSR count). The molecule has 9 heteroatoms. The second kappa shape index (κ2) is 10.2. The number of hydrogen-bond donors (Lipinski definition) is 3. The minimum absolute atomic E-state index is 0.0866. The largest absolute Gasteiger partial charge is 0.496 e. The fraction of sp³-hybridized carbons (Fsp3) is 0.520. The smallest absolute Gasteiger partial charge is 0.265 e. The predicted molar refractivity (Wildman–Crippen MR) is 126 cm³/mol. The number of primary amides is 1. The van der Waals surface area contributed by atoms with Crippen molar-refractivity contribution in [1.29, 1.82) is 5.26 Å². The highest BCUT2D eigenvalue weighted by Gasteiger charge is 2.33. The first-order valence-corrected chi connectivity index (χ1v) is 11.9. The van der Waals surface area contributed by atoms with E-state index in [1.54, 1.807) is 23.8 Å². The number of nitrogens with two attached hydrogens (primary N) is 1. The third-order valence-corrected chi connectivity index (χ3v) is 7.12. The number of nitrogens with zero attached hydrogens (tertiary/aromatic N) is 2. The van der Waals surface area contributed by atoms with Gasteiger partial charge in [0, 0.05) is 17.8 Å². The van der Waals surface area contributed by atoms with Crippen molar-refractivity contribution in [3.8, 4) is 11.8 Å². The minimum atomic E-state index is -0.805. The van der Waals surface area contributed by atoms with Gasteiger partial charge >= 0.3 is 0 Å². The Morgan fingerprint density at radius 3 is 2.68 bits per heavy atom. The molecule has 4 N–H and O–H groups in total. The Labute approximate surface area is 198 Å². The zero-order chi connectivity index (χ0) is 24.2. The number of amides is 3. The van der Waals surface area contributed by atoms with Gasteiger partial charge in [-0.1, -0.05) is 31.7 Å². The van der Waals surface area contributed by atoms with Crippen molar-refractivity contribution in [2.45, 2.75) is 57.0 Å². The van der Waals surface area contributed by atoms with Crippen LogP contribution in [0.5, 0.6) is 5.75 Å². The van der Waals surface area contributed by atoms with Gasteiger partial charge < -0.3 is 25.7 Å². The van der Waals surface area contributed by atoms with Crippen LogP contribution < -0.4 is 21.1 Å². The minimum Gasteiger partial charge on any atom is -0.496 e. The topological polar surface area (TPSA) is 139 Å². The first kappa shape index (κ1) is 23.6. The molecule has 0 radical (unpaired) electrons. The third-order valence-electron chi connectivity index (χ3n) is 7.12. The number of benzene rings is 1. The Kier molecular flexibility index (Phi) is 7.06. The van der Waals surface area contributed by atoms with Crippen molar-refractivity contribution in [1.82, 2.24) is 15.2 Å². The molecule has 9 nitrogen and oxygen atoms in total. The molecule has 1 saturated heterocycles. The summed E-state index contributed by atoms with van der Waals surface area (Å²) < 4.78 is 7.17. The molecule has 1 aliphatic heterocycles. The average Bonchev–Trinajstić information content (AvgIpc) is 3.57. The number of ether oxygens (including phenoxy) is 1. The second-order valence-electron chi connectivity index (χ2n) is 9.26. The molecule has 0 bridgehead atoms. The Hall–Kier alpha value is -3.54.